The van der Waals surface area contributed by atoms with Crippen LogP contribution in [0.15, 0.2) is 30.6 Å². The molecule has 0 spiro atoms. The maximum Gasteiger partial charge on any atom is 0.131 e. The van der Waals surface area contributed by atoms with E-state index in [9.17, 15) is 0 Å². The van der Waals surface area contributed by atoms with Crippen molar-refractivity contribution < 1.29 is 4.74 Å². The Morgan fingerprint density at radius 1 is 1.25 bits per heavy atom. The van der Waals surface area contributed by atoms with Gasteiger partial charge in [0.05, 0.1) is 0 Å². The van der Waals surface area contributed by atoms with Crippen LogP contribution in [0.5, 0.6) is 5.75 Å². The third kappa shape index (κ3) is 1.16. The summed E-state index contributed by atoms with van der Waals surface area (Å²) in [6.45, 7) is 6.51. The molecule has 1 aromatic carbocycles. The quantitative estimate of drug-likeness (QED) is 0.668. The molecule has 0 radical (unpaired) electrons. The Labute approximate surface area is 95.3 Å². The van der Waals surface area contributed by atoms with E-state index < -0.39 is 0 Å². The Kier molecular flexibility index (Phi) is 1.79. The van der Waals surface area contributed by atoms with Gasteiger partial charge in [0.25, 0.3) is 0 Å². The molecule has 2 nitrogen and oxygen atoms in total. The van der Waals surface area contributed by atoms with Crippen molar-refractivity contribution in [1.82, 2.24) is 4.98 Å². The van der Waals surface area contributed by atoms with Gasteiger partial charge in [-0.15, -0.1) is 0 Å². The van der Waals surface area contributed by atoms with Crippen LogP contribution >= 0.6 is 0 Å². The number of ether oxygens (including phenoxy) is 1. The van der Waals surface area contributed by atoms with Crippen LogP contribution in [0.3, 0.4) is 0 Å². The van der Waals surface area contributed by atoms with Gasteiger partial charge in [-0.2, -0.15) is 0 Å². The number of hydrogen-bond acceptors (Lipinski definition) is 2. The van der Waals surface area contributed by atoms with E-state index in [4.69, 9.17) is 4.74 Å². The molecular formula is C14H15NO. The number of rotatable bonds is 0. The summed E-state index contributed by atoms with van der Waals surface area (Å²) in [7, 11) is 0. The molecule has 2 aromatic rings. The molecule has 3 rings (SSSR count). The SMILES string of the molecule is C[C@@H]1c2ccc3cnccc3c2OC1(C)C. The zero-order valence-electron chi connectivity index (χ0n) is 9.82. The first-order chi connectivity index (χ1) is 7.59. The van der Waals surface area contributed by atoms with Gasteiger partial charge < -0.3 is 4.74 Å². The van der Waals surface area contributed by atoms with Crippen molar-refractivity contribution >= 4 is 10.8 Å². The van der Waals surface area contributed by atoms with Gasteiger partial charge >= 0.3 is 0 Å². The second-order valence-electron chi connectivity index (χ2n) is 5.01. The Balaban J connectivity index is 2.32. The number of hydrogen-bond donors (Lipinski definition) is 0. The average Bonchev–Trinajstić information content (AvgIpc) is 2.51. The molecule has 2 heterocycles. The minimum atomic E-state index is -0.111. The Morgan fingerprint density at radius 3 is 2.88 bits per heavy atom. The van der Waals surface area contributed by atoms with Gasteiger partial charge in [0.15, 0.2) is 0 Å². The Morgan fingerprint density at radius 2 is 2.06 bits per heavy atom. The number of nitrogens with zero attached hydrogens (tertiary/aromatic N) is 1. The maximum atomic E-state index is 6.09. The topological polar surface area (TPSA) is 22.1 Å². The zero-order chi connectivity index (χ0) is 11.3. The zero-order valence-corrected chi connectivity index (χ0v) is 9.82. The average molecular weight is 213 g/mol. The van der Waals surface area contributed by atoms with Crippen LogP contribution < -0.4 is 4.74 Å². The summed E-state index contributed by atoms with van der Waals surface area (Å²) in [5, 5.41) is 2.32. The molecule has 0 fully saturated rings. The highest BCUT2D eigenvalue weighted by Crippen LogP contribution is 2.47. The lowest BCUT2D eigenvalue weighted by Gasteiger charge is -2.23. The molecule has 1 aliphatic rings. The minimum absolute atomic E-state index is 0.111. The van der Waals surface area contributed by atoms with Gasteiger partial charge in [0.1, 0.15) is 11.4 Å². The molecule has 0 aliphatic carbocycles. The molecule has 0 bridgehead atoms. The first kappa shape index (κ1) is 9.64. The van der Waals surface area contributed by atoms with E-state index in [1.54, 1.807) is 0 Å². The first-order valence-corrected chi connectivity index (χ1v) is 5.65. The number of aromatic nitrogens is 1. The smallest absolute Gasteiger partial charge is 0.131 e. The van der Waals surface area contributed by atoms with Gasteiger partial charge in [-0.25, -0.2) is 0 Å². The summed E-state index contributed by atoms with van der Waals surface area (Å²) >= 11 is 0. The monoisotopic (exact) mass is 213 g/mol. The number of fused-ring (bicyclic) bond motifs is 3. The molecule has 0 N–H and O–H groups in total. The van der Waals surface area contributed by atoms with Crippen LogP contribution in [0.2, 0.25) is 0 Å². The van der Waals surface area contributed by atoms with Crippen molar-refractivity contribution in [3.63, 3.8) is 0 Å². The van der Waals surface area contributed by atoms with Crippen molar-refractivity contribution in [2.75, 3.05) is 0 Å². The Bertz CT molecular complexity index is 560. The second-order valence-corrected chi connectivity index (χ2v) is 5.01. The summed E-state index contributed by atoms with van der Waals surface area (Å²) in [5.41, 5.74) is 1.20. The molecule has 0 saturated carbocycles. The largest absolute Gasteiger partial charge is 0.486 e. The highest BCUT2D eigenvalue weighted by atomic mass is 16.5. The summed E-state index contributed by atoms with van der Waals surface area (Å²) in [6.07, 6.45) is 3.71. The van der Waals surface area contributed by atoms with Crippen molar-refractivity contribution in [3.8, 4) is 5.75 Å². The Hall–Kier alpha value is -1.57. The van der Waals surface area contributed by atoms with E-state index in [2.05, 4.69) is 37.9 Å². The van der Waals surface area contributed by atoms with Crippen LogP contribution in [0.1, 0.15) is 32.3 Å². The van der Waals surface area contributed by atoms with Gasteiger partial charge in [-0.05, 0) is 19.9 Å². The number of benzene rings is 1. The molecule has 16 heavy (non-hydrogen) atoms. The molecule has 1 aromatic heterocycles. The summed E-state index contributed by atoms with van der Waals surface area (Å²) in [6, 6.07) is 6.32. The molecule has 0 amide bonds. The lowest BCUT2D eigenvalue weighted by atomic mass is 9.88. The molecule has 2 heteroatoms. The highest BCUT2D eigenvalue weighted by molar-refractivity contribution is 5.89. The van der Waals surface area contributed by atoms with E-state index >= 15 is 0 Å². The molecule has 1 aliphatic heterocycles. The van der Waals surface area contributed by atoms with E-state index in [0.717, 1.165) is 11.1 Å². The summed E-state index contributed by atoms with van der Waals surface area (Å²) < 4.78 is 6.09. The standard InChI is InChI=1S/C14H15NO/c1-9-11-5-4-10-8-15-7-6-12(10)13(11)16-14(9,2)3/h4-9H,1-3H3/t9-/m1/s1. The fraction of sp³-hybridized carbons (Fsp3) is 0.357. The van der Waals surface area contributed by atoms with E-state index in [1.807, 2.05) is 18.5 Å². The van der Waals surface area contributed by atoms with Crippen molar-refractivity contribution in [2.24, 2.45) is 0 Å². The fourth-order valence-electron chi connectivity index (χ4n) is 2.34. The normalized spacial score (nSPS) is 21.8. The molecule has 0 unspecified atom stereocenters. The van der Waals surface area contributed by atoms with Gasteiger partial charge in [-0.3, -0.25) is 4.98 Å². The van der Waals surface area contributed by atoms with Crippen molar-refractivity contribution in [3.05, 3.63) is 36.2 Å². The first-order valence-electron chi connectivity index (χ1n) is 5.65. The minimum Gasteiger partial charge on any atom is -0.486 e. The predicted octanol–water partition coefficient (Wildman–Crippen LogP) is 3.51. The van der Waals surface area contributed by atoms with E-state index in [-0.39, 0.29) is 5.60 Å². The van der Waals surface area contributed by atoms with E-state index in [0.29, 0.717) is 5.92 Å². The molecule has 82 valence electrons. The molecule has 1 atom stereocenters. The third-order valence-corrected chi connectivity index (χ3v) is 3.68. The molecule has 0 saturated heterocycles. The van der Waals surface area contributed by atoms with Crippen LogP contribution in [0, 0.1) is 0 Å². The van der Waals surface area contributed by atoms with Crippen LogP contribution in [0.25, 0.3) is 10.8 Å². The van der Waals surface area contributed by atoms with Crippen LogP contribution in [-0.4, -0.2) is 10.6 Å². The van der Waals surface area contributed by atoms with Gasteiger partial charge in [0.2, 0.25) is 0 Å². The predicted molar refractivity (Wildman–Crippen MR) is 64.9 cm³/mol. The summed E-state index contributed by atoms with van der Waals surface area (Å²) in [4.78, 5) is 4.14. The van der Waals surface area contributed by atoms with Gasteiger partial charge in [0, 0.05) is 34.6 Å². The van der Waals surface area contributed by atoms with E-state index in [1.165, 1.54) is 10.9 Å². The van der Waals surface area contributed by atoms with Crippen LogP contribution in [0.4, 0.5) is 0 Å². The highest BCUT2D eigenvalue weighted by Gasteiger charge is 2.38. The molecular weight excluding hydrogens is 198 g/mol. The van der Waals surface area contributed by atoms with Crippen molar-refractivity contribution in [1.29, 1.82) is 0 Å². The van der Waals surface area contributed by atoms with Crippen molar-refractivity contribution in [2.45, 2.75) is 32.3 Å². The van der Waals surface area contributed by atoms with Gasteiger partial charge in [-0.1, -0.05) is 19.1 Å². The second kappa shape index (κ2) is 2.97. The third-order valence-electron chi connectivity index (χ3n) is 3.68. The lowest BCUT2D eigenvalue weighted by Crippen LogP contribution is -2.28. The maximum absolute atomic E-state index is 6.09. The lowest BCUT2D eigenvalue weighted by molar-refractivity contribution is 0.117. The van der Waals surface area contributed by atoms with Crippen LogP contribution in [-0.2, 0) is 0 Å². The fourth-order valence-corrected chi connectivity index (χ4v) is 2.34. The number of pyridine rings is 1. The summed E-state index contributed by atoms with van der Waals surface area (Å²) in [5.74, 6) is 1.47.